The van der Waals surface area contributed by atoms with Crippen LogP contribution in [-0.2, 0) is 14.8 Å². The molecular weight excluding hydrogens is 496 g/mol. The highest BCUT2D eigenvalue weighted by Gasteiger charge is 2.54. The molecule has 5 rings (SSSR count). The number of fused-ring (bicyclic) bond motifs is 1. The second-order valence-electron chi connectivity index (χ2n) is 13.5. The minimum Gasteiger partial charge on any atom is -0.383 e. The molecule has 8 heteroatoms. The highest BCUT2D eigenvalue weighted by Crippen LogP contribution is 2.50. The maximum absolute atomic E-state index is 14.0. The van der Waals surface area contributed by atoms with Gasteiger partial charge in [-0.2, -0.15) is 4.31 Å². The molecule has 3 saturated heterocycles. The van der Waals surface area contributed by atoms with E-state index >= 15 is 0 Å². The highest BCUT2D eigenvalue weighted by molar-refractivity contribution is 7.89. The van der Waals surface area contributed by atoms with Crippen molar-refractivity contribution in [3.05, 3.63) is 0 Å². The summed E-state index contributed by atoms with van der Waals surface area (Å²) in [6, 6.07) is 0.793. The molecule has 0 aromatic rings. The van der Waals surface area contributed by atoms with Crippen LogP contribution in [0, 0.1) is 35.5 Å². The van der Waals surface area contributed by atoms with Crippen LogP contribution in [0.2, 0.25) is 0 Å². The molecule has 3 heterocycles. The zero-order valence-corrected chi connectivity index (χ0v) is 25.5. The van der Waals surface area contributed by atoms with Crippen LogP contribution in [0.3, 0.4) is 0 Å². The number of methoxy groups -OCH3 is 1. The van der Waals surface area contributed by atoms with Crippen LogP contribution in [-0.4, -0.2) is 86.5 Å². The Balaban J connectivity index is 1.28. The second-order valence-corrected chi connectivity index (χ2v) is 15.6. The Hall–Kier alpha value is -0.250. The van der Waals surface area contributed by atoms with Crippen molar-refractivity contribution in [2.45, 2.75) is 109 Å². The first-order valence-corrected chi connectivity index (χ1v) is 17.6. The van der Waals surface area contributed by atoms with E-state index in [4.69, 9.17) is 4.74 Å². The Morgan fingerprint density at radius 2 is 1.66 bits per heavy atom. The molecule has 7 nitrogen and oxygen atoms in total. The third kappa shape index (κ3) is 5.74. The van der Waals surface area contributed by atoms with Crippen molar-refractivity contribution >= 4 is 10.0 Å². The number of hydrogen-bond donors (Lipinski definition) is 1. The molecule has 3 aliphatic heterocycles. The SMILES string of the molecule is CCCN1NCCC1S(=O)(=O)N1CCCCN2C(C1)[C@H](C1CCC(C3CCCC(C)C3C)CC1)[C@H]2COC. The number of nitrogens with zero attached hydrogens (tertiary/aromatic N) is 3. The average Bonchev–Trinajstić information content (AvgIpc) is 3.36. The summed E-state index contributed by atoms with van der Waals surface area (Å²) in [6.45, 7) is 11.9. The minimum atomic E-state index is -3.37. The van der Waals surface area contributed by atoms with Crippen LogP contribution in [0.5, 0.6) is 0 Å². The van der Waals surface area contributed by atoms with Gasteiger partial charge in [-0.05, 0) is 99.8 Å². The molecule has 38 heavy (non-hydrogen) atoms. The van der Waals surface area contributed by atoms with E-state index in [1.807, 2.05) is 16.4 Å². The van der Waals surface area contributed by atoms with Crippen LogP contribution in [0.15, 0.2) is 0 Å². The normalized spacial score (nSPS) is 42.3. The van der Waals surface area contributed by atoms with Gasteiger partial charge in [-0.1, -0.05) is 33.6 Å². The largest absolute Gasteiger partial charge is 0.383 e. The van der Waals surface area contributed by atoms with Gasteiger partial charge in [0, 0.05) is 45.4 Å². The lowest BCUT2D eigenvalue weighted by atomic mass is 9.60. The zero-order chi connectivity index (χ0) is 26.9. The van der Waals surface area contributed by atoms with Gasteiger partial charge in [0.2, 0.25) is 10.0 Å². The van der Waals surface area contributed by atoms with Crippen LogP contribution < -0.4 is 5.43 Å². The first-order valence-electron chi connectivity index (χ1n) is 16.1. The summed E-state index contributed by atoms with van der Waals surface area (Å²) in [4.78, 5) is 2.63. The first kappa shape index (κ1) is 29.2. The van der Waals surface area contributed by atoms with E-state index in [-0.39, 0.29) is 0 Å². The van der Waals surface area contributed by atoms with Crippen LogP contribution in [0.1, 0.15) is 91.4 Å². The van der Waals surface area contributed by atoms with Gasteiger partial charge in [-0.25, -0.2) is 13.4 Å². The molecule has 5 fully saturated rings. The van der Waals surface area contributed by atoms with Gasteiger partial charge in [0.15, 0.2) is 0 Å². The van der Waals surface area contributed by atoms with Crippen molar-refractivity contribution < 1.29 is 13.2 Å². The lowest BCUT2D eigenvalue weighted by molar-refractivity contribution is -0.128. The van der Waals surface area contributed by atoms with Gasteiger partial charge in [-0.3, -0.25) is 10.3 Å². The maximum atomic E-state index is 14.0. The summed E-state index contributed by atoms with van der Waals surface area (Å²) in [5, 5.41) is 1.57. The quantitative estimate of drug-likeness (QED) is 0.477. The highest BCUT2D eigenvalue weighted by atomic mass is 32.2. The Morgan fingerprint density at radius 3 is 2.39 bits per heavy atom. The lowest BCUT2D eigenvalue weighted by Crippen LogP contribution is -2.71. The first-order chi connectivity index (χ1) is 18.4. The third-order valence-corrected chi connectivity index (χ3v) is 13.7. The lowest BCUT2D eigenvalue weighted by Gasteiger charge is -2.60. The molecule has 2 saturated carbocycles. The Kier molecular flexibility index (Phi) is 9.80. The Labute approximate surface area is 233 Å². The van der Waals surface area contributed by atoms with E-state index in [1.54, 1.807) is 0 Å². The topological polar surface area (TPSA) is 65.1 Å². The summed E-state index contributed by atoms with van der Waals surface area (Å²) in [6.07, 6.45) is 13.3. The predicted octanol–water partition coefficient (Wildman–Crippen LogP) is 4.55. The van der Waals surface area contributed by atoms with Crippen LogP contribution >= 0.6 is 0 Å². The summed E-state index contributed by atoms with van der Waals surface area (Å²) in [5.74, 6) is 4.83. The van der Waals surface area contributed by atoms with Gasteiger partial charge in [0.25, 0.3) is 0 Å². The summed E-state index contributed by atoms with van der Waals surface area (Å²) >= 11 is 0. The van der Waals surface area contributed by atoms with E-state index < -0.39 is 15.4 Å². The van der Waals surface area contributed by atoms with E-state index in [1.165, 1.54) is 44.9 Å². The molecule has 0 amide bonds. The van der Waals surface area contributed by atoms with Crippen LogP contribution in [0.25, 0.3) is 0 Å². The van der Waals surface area contributed by atoms with Crippen LogP contribution in [0.4, 0.5) is 0 Å². The molecule has 5 unspecified atom stereocenters. The monoisotopic (exact) mass is 552 g/mol. The van der Waals surface area contributed by atoms with Crippen molar-refractivity contribution in [2.24, 2.45) is 35.5 Å². The van der Waals surface area contributed by atoms with Gasteiger partial charge in [0.1, 0.15) is 5.37 Å². The number of hydrazine groups is 1. The van der Waals surface area contributed by atoms with E-state index in [2.05, 4.69) is 31.1 Å². The number of nitrogens with one attached hydrogen (secondary N) is 1. The van der Waals surface area contributed by atoms with Crippen molar-refractivity contribution in [1.29, 1.82) is 0 Å². The van der Waals surface area contributed by atoms with Gasteiger partial charge < -0.3 is 4.74 Å². The molecule has 1 N–H and O–H groups in total. The molecule has 0 radical (unpaired) electrons. The molecule has 7 atom stereocenters. The molecular formula is C30H56N4O3S. The van der Waals surface area contributed by atoms with Gasteiger partial charge >= 0.3 is 0 Å². The third-order valence-electron chi connectivity index (χ3n) is 11.5. The van der Waals surface area contributed by atoms with E-state index in [9.17, 15) is 8.42 Å². The molecule has 220 valence electrons. The summed E-state index contributed by atoms with van der Waals surface area (Å²) < 4.78 is 35.6. The maximum Gasteiger partial charge on any atom is 0.231 e. The number of ether oxygens (including phenoxy) is 1. The van der Waals surface area contributed by atoms with Crippen molar-refractivity contribution in [1.82, 2.24) is 19.6 Å². The minimum absolute atomic E-state index is 0.342. The van der Waals surface area contributed by atoms with Gasteiger partial charge in [0.05, 0.1) is 6.61 Å². The Morgan fingerprint density at radius 1 is 0.921 bits per heavy atom. The van der Waals surface area contributed by atoms with Crippen molar-refractivity contribution in [3.63, 3.8) is 0 Å². The Bertz CT molecular complexity index is 864. The standard InChI is InChI=1S/C30H56N4O3S/c1-5-17-34-29(15-16-31-34)38(35,36)32-18-6-7-19-33-27(20-32)30(28(33)21-37-4)25-13-11-24(12-14-25)26-10-8-9-22(2)23(26)3/h22-31H,5-21H2,1-4H3/t22?,23?,24?,25?,26?,27?,28-,29?,30+/m1/s1. The smallest absolute Gasteiger partial charge is 0.231 e. The molecule has 0 bridgehead atoms. The average molecular weight is 553 g/mol. The number of sulfonamides is 1. The van der Waals surface area contributed by atoms with Crippen molar-refractivity contribution in [3.8, 4) is 0 Å². The molecule has 2 aliphatic carbocycles. The fourth-order valence-corrected chi connectivity index (χ4v) is 11.3. The number of rotatable bonds is 8. The molecule has 0 spiro atoms. The summed E-state index contributed by atoms with van der Waals surface area (Å²) in [7, 11) is -1.54. The predicted molar refractivity (Wildman–Crippen MR) is 154 cm³/mol. The van der Waals surface area contributed by atoms with E-state index in [0.29, 0.717) is 43.4 Å². The molecule has 0 aromatic heterocycles. The molecule has 5 aliphatic rings. The summed E-state index contributed by atoms with van der Waals surface area (Å²) in [5.41, 5.74) is 3.34. The molecule has 0 aromatic carbocycles. The fraction of sp³-hybridized carbons (Fsp3) is 1.00. The van der Waals surface area contributed by atoms with E-state index in [0.717, 1.165) is 69.2 Å². The van der Waals surface area contributed by atoms with Crippen molar-refractivity contribution in [2.75, 3.05) is 46.4 Å². The van der Waals surface area contributed by atoms with Gasteiger partial charge in [-0.15, -0.1) is 0 Å². The number of hydrogen-bond acceptors (Lipinski definition) is 6. The zero-order valence-electron chi connectivity index (χ0n) is 24.7. The second kappa shape index (κ2) is 12.7. The fourth-order valence-electron chi connectivity index (χ4n) is 9.30.